The number of aliphatic hydroxyl groups is 1. The van der Waals surface area contributed by atoms with Gasteiger partial charge in [-0.15, -0.1) is 0 Å². The third kappa shape index (κ3) is 4.98. The lowest BCUT2D eigenvalue weighted by molar-refractivity contribution is 0.0785. The van der Waals surface area contributed by atoms with E-state index in [-0.39, 0.29) is 24.0 Å². The number of nitrogens with zero attached hydrogens (tertiary/aromatic N) is 3. The monoisotopic (exact) mass is 501 g/mol. The number of anilines is 2. The molecule has 0 aliphatic carbocycles. The second-order valence-electron chi connectivity index (χ2n) is 8.58. The molecule has 0 unspecified atom stereocenters. The van der Waals surface area contributed by atoms with Crippen molar-refractivity contribution in [1.82, 2.24) is 9.97 Å². The lowest BCUT2D eigenvalue weighted by Gasteiger charge is -2.40. The first-order chi connectivity index (χ1) is 17.2. The van der Waals surface area contributed by atoms with Gasteiger partial charge >= 0.3 is 0 Å². The van der Waals surface area contributed by atoms with Crippen LogP contribution < -0.4 is 20.7 Å². The van der Waals surface area contributed by atoms with E-state index in [4.69, 9.17) is 10.5 Å². The van der Waals surface area contributed by atoms with Gasteiger partial charge in [-0.1, -0.05) is 6.92 Å². The predicted octanol–water partition coefficient (Wildman–Crippen LogP) is 3.36. The number of carbonyl (C=O) groups excluding carboxylic acids is 1. The molecule has 190 valence electrons. The molecule has 0 spiro atoms. The Hall–Kier alpha value is -3.70. The van der Waals surface area contributed by atoms with Crippen molar-refractivity contribution >= 4 is 17.3 Å². The fourth-order valence-corrected chi connectivity index (χ4v) is 4.22. The highest BCUT2D eigenvalue weighted by molar-refractivity contribution is 6.04. The largest absolute Gasteiger partial charge is 0.491 e. The van der Waals surface area contributed by atoms with Gasteiger partial charge in [0.05, 0.1) is 35.8 Å². The molecule has 3 heterocycles. The van der Waals surface area contributed by atoms with Crippen molar-refractivity contribution in [2.24, 2.45) is 11.7 Å². The van der Waals surface area contributed by atoms with Crippen molar-refractivity contribution in [1.29, 1.82) is 0 Å². The molecule has 3 aromatic rings. The Kier molecular flexibility index (Phi) is 7.41. The molecule has 1 saturated heterocycles. The lowest BCUT2D eigenvalue weighted by Crippen LogP contribution is -2.55. The number of rotatable bonds is 6. The van der Waals surface area contributed by atoms with Gasteiger partial charge in [0.1, 0.15) is 23.0 Å². The SMILES string of the molecule is CCOc1ccc(F)c(-c2nc(C(=O)Nc3cnccc3N3C[C@@H](N)[C@H](O)[C@@H](C)C3)ccc2F)c1F. The molecule has 1 aliphatic rings. The number of hydrogen-bond acceptors (Lipinski definition) is 7. The molecule has 1 aromatic carbocycles. The number of nitrogens with two attached hydrogens (primary N) is 1. The van der Waals surface area contributed by atoms with E-state index in [2.05, 4.69) is 15.3 Å². The molecule has 1 aliphatic heterocycles. The number of nitrogens with one attached hydrogen (secondary N) is 1. The van der Waals surface area contributed by atoms with Crippen molar-refractivity contribution in [3.63, 3.8) is 0 Å². The van der Waals surface area contributed by atoms with E-state index < -0.39 is 46.8 Å². The fourth-order valence-electron chi connectivity index (χ4n) is 4.22. The molecule has 4 rings (SSSR count). The van der Waals surface area contributed by atoms with Crippen LogP contribution in [0.5, 0.6) is 5.75 Å². The smallest absolute Gasteiger partial charge is 0.274 e. The van der Waals surface area contributed by atoms with Gasteiger partial charge in [-0.05, 0) is 37.3 Å². The number of hydrogen-bond donors (Lipinski definition) is 3. The molecule has 3 atom stereocenters. The summed E-state index contributed by atoms with van der Waals surface area (Å²) >= 11 is 0. The minimum atomic E-state index is -1.12. The molecule has 4 N–H and O–H groups in total. The van der Waals surface area contributed by atoms with Gasteiger partial charge < -0.3 is 25.8 Å². The summed E-state index contributed by atoms with van der Waals surface area (Å²) in [6, 6.07) is 5.29. The van der Waals surface area contributed by atoms with E-state index in [0.29, 0.717) is 24.5 Å². The highest BCUT2D eigenvalue weighted by atomic mass is 19.1. The topological polar surface area (TPSA) is 114 Å². The first-order valence-electron chi connectivity index (χ1n) is 11.4. The van der Waals surface area contributed by atoms with Crippen LogP contribution >= 0.6 is 0 Å². The highest BCUT2D eigenvalue weighted by Crippen LogP contribution is 2.33. The third-order valence-electron chi connectivity index (χ3n) is 6.02. The summed E-state index contributed by atoms with van der Waals surface area (Å²) in [6.07, 6.45) is 2.34. The summed E-state index contributed by atoms with van der Waals surface area (Å²) in [5.41, 5.74) is 5.37. The molecule has 2 aromatic heterocycles. The van der Waals surface area contributed by atoms with E-state index in [9.17, 15) is 23.1 Å². The van der Waals surface area contributed by atoms with Crippen molar-refractivity contribution in [3.8, 4) is 17.0 Å². The van der Waals surface area contributed by atoms with E-state index in [1.807, 2.05) is 11.8 Å². The van der Waals surface area contributed by atoms with Crippen LogP contribution in [0.1, 0.15) is 24.3 Å². The van der Waals surface area contributed by atoms with Gasteiger partial charge in [-0.25, -0.2) is 18.2 Å². The lowest BCUT2D eigenvalue weighted by atomic mass is 9.92. The van der Waals surface area contributed by atoms with Gasteiger partial charge in [-0.3, -0.25) is 9.78 Å². The maximum atomic E-state index is 14.9. The number of piperidine rings is 1. The zero-order valence-corrected chi connectivity index (χ0v) is 19.7. The Morgan fingerprint density at radius 2 is 1.94 bits per heavy atom. The Morgan fingerprint density at radius 3 is 2.67 bits per heavy atom. The third-order valence-corrected chi connectivity index (χ3v) is 6.02. The number of amides is 1. The molecule has 11 heteroatoms. The van der Waals surface area contributed by atoms with Gasteiger partial charge in [0.15, 0.2) is 11.6 Å². The zero-order valence-electron chi connectivity index (χ0n) is 19.7. The minimum absolute atomic E-state index is 0.107. The van der Waals surface area contributed by atoms with Crippen LogP contribution in [0.3, 0.4) is 0 Å². The predicted molar refractivity (Wildman–Crippen MR) is 128 cm³/mol. The Balaban J connectivity index is 1.65. The molecular formula is C25H26F3N5O3. The number of halogens is 3. The first kappa shape index (κ1) is 25.4. The maximum absolute atomic E-state index is 14.9. The van der Waals surface area contributed by atoms with Crippen LogP contribution in [0.15, 0.2) is 42.7 Å². The van der Waals surface area contributed by atoms with E-state index in [0.717, 1.165) is 24.3 Å². The van der Waals surface area contributed by atoms with Gasteiger partial charge in [0, 0.05) is 31.2 Å². The average Bonchev–Trinajstić information content (AvgIpc) is 2.85. The molecular weight excluding hydrogens is 475 g/mol. The van der Waals surface area contributed by atoms with Gasteiger partial charge in [0.2, 0.25) is 0 Å². The first-order valence-corrected chi connectivity index (χ1v) is 11.4. The summed E-state index contributed by atoms with van der Waals surface area (Å²) in [5, 5.41) is 12.8. The summed E-state index contributed by atoms with van der Waals surface area (Å²) in [6.45, 7) is 4.47. The van der Waals surface area contributed by atoms with Crippen molar-refractivity contribution in [3.05, 3.63) is 65.9 Å². The minimum Gasteiger partial charge on any atom is -0.491 e. The Bertz CT molecular complexity index is 1260. The van der Waals surface area contributed by atoms with Gasteiger partial charge in [-0.2, -0.15) is 0 Å². The highest BCUT2D eigenvalue weighted by Gasteiger charge is 2.32. The number of aromatic nitrogens is 2. The van der Waals surface area contributed by atoms with Crippen LogP contribution in [0, 0.1) is 23.4 Å². The van der Waals surface area contributed by atoms with Crippen LogP contribution in [0.2, 0.25) is 0 Å². The summed E-state index contributed by atoms with van der Waals surface area (Å²) in [5.74, 6) is -4.27. The number of ether oxygens (including phenoxy) is 1. The van der Waals surface area contributed by atoms with Crippen molar-refractivity contribution in [2.45, 2.75) is 26.0 Å². The van der Waals surface area contributed by atoms with Crippen LogP contribution in [0.4, 0.5) is 24.5 Å². The van der Waals surface area contributed by atoms with Crippen molar-refractivity contribution in [2.75, 3.05) is 29.9 Å². The number of aliphatic hydroxyl groups excluding tert-OH is 1. The summed E-state index contributed by atoms with van der Waals surface area (Å²) in [4.78, 5) is 23.0. The molecule has 1 fully saturated rings. The molecule has 1 amide bonds. The van der Waals surface area contributed by atoms with Crippen LogP contribution in [-0.4, -0.2) is 52.8 Å². The summed E-state index contributed by atoms with van der Waals surface area (Å²) < 4.78 is 49.2. The second-order valence-corrected chi connectivity index (χ2v) is 8.58. The zero-order chi connectivity index (χ0) is 26.0. The number of benzene rings is 1. The fraction of sp³-hybridized carbons (Fsp3) is 0.320. The molecule has 0 bridgehead atoms. The van der Waals surface area contributed by atoms with Crippen molar-refractivity contribution < 1.29 is 27.8 Å². The number of carbonyl (C=O) groups is 1. The Morgan fingerprint density at radius 1 is 1.19 bits per heavy atom. The summed E-state index contributed by atoms with van der Waals surface area (Å²) in [7, 11) is 0. The van der Waals surface area contributed by atoms with E-state index in [1.165, 1.54) is 6.20 Å². The van der Waals surface area contributed by atoms with E-state index in [1.54, 1.807) is 19.2 Å². The van der Waals surface area contributed by atoms with Crippen LogP contribution in [-0.2, 0) is 0 Å². The standard InChI is InChI=1S/C25H26F3N5O3/c1-3-36-20-7-5-14(26)21(22(20)28)23-15(27)4-6-17(31-23)25(35)32-18-10-30-9-8-19(18)33-11-13(2)24(34)16(29)12-33/h4-10,13,16,24,34H,3,11-12,29H2,1-2H3,(H,32,35)/t13-,16+,24+/m0/s1. The van der Waals surface area contributed by atoms with E-state index >= 15 is 0 Å². The molecule has 0 saturated carbocycles. The van der Waals surface area contributed by atoms with Gasteiger partial charge in [0.25, 0.3) is 5.91 Å². The normalized spacial score (nSPS) is 19.8. The number of pyridine rings is 2. The molecule has 8 nitrogen and oxygen atoms in total. The molecule has 36 heavy (non-hydrogen) atoms. The Labute approximate surface area is 205 Å². The molecule has 0 radical (unpaired) electrons. The average molecular weight is 502 g/mol. The second kappa shape index (κ2) is 10.5. The van der Waals surface area contributed by atoms with Crippen LogP contribution in [0.25, 0.3) is 11.3 Å². The maximum Gasteiger partial charge on any atom is 0.274 e. The quantitative estimate of drug-likeness (QED) is 0.475.